The third-order valence-corrected chi connectivity index (χ3v) is 2.85. The molecule has 3 heteroatoms. The van der Waals surface area contributed by atoms with Crippen molar-refractivity contribution in [3.8, 4) is 0 Å². The Labute approximate surface area is 80.2 Å². The highest BCUT2D eigenvalue weighted by Gasteiger charge is 2.34. The first-order chi connectivity index (χ1) is 6.17. The first kappa shape index (κ1) is 11.0. The summed E-state index contributed by atoms with van der Waals surface area (Å²) in [7, 11) is 0. The zero-order chi connectivity index (χ0) is 9.73. The van der Waals surface area contributed by atoms with Crippen LogP contribution in [0.2, 0.25) is 0 Å². The molecule has 3 N–H and O–H groups in total. The van der Waals surface area contributed by atoms with E-state index in [4.69, 9.17) is 0 Å². The summed E-state index contributed by atoms with van der Waals surface area (Å²) >= 11 is 0. The van der Waals surface area contributed by atoms with Crippen LogP contribution in [-0.4, -0.2) is 29.1 Å². The third-order valence-electron chi connectivity index (χ3n) is 2.85. The second kappa shape index (κ2) is 4.94. The highest BCUT2D eigenvalue weighted by atomic mass is 16.5. The van der Waals surface area contributed by atoms with Gasteiger partial charge in [-0.3, -0.25) is 0 Å². The molecule has 1 heterocycles. The average Bonchev–Trinajstić information content (AvgIpc) is 2.16. The van der Waals surface area contributed by atoms with E-state index in [2.05, 4.69) is 12.2 Å². The molecule has 0 spiro atoms. The summed E-state index contributed by atoms with van der Waals surface area (Å²) in [6.07, 6.45) is 4.41. The molecule has 0 unspecified atom stereocenters. The molecule has 0 radical (unpaired) electrons. The Balaban J connectivity index is 2.36. The van der Waals surface area contributed by atoms with Gasteiger partial charge in [0.25, 0.3) is 0 Å². The summed E-state index contributed by atoms with van der Waals surface area (Å²) in [6.45, 7) is 3.83. The lowest BCUT2D eigenvalue weighted by molar-refractivity contribution is -0.208. The first-order valence-corrected chi connectivity index (χ1v) is 5.32. The molecule has 78 valence electrons. The van der Waals surface area contributed by atoms with Crippen molar-refractivity contribution in [1.82, 2.24) is 5.32 Å². The number of unbranched alkanes of at least 4 members (excludes halogenated alkanes) is 1. The van der Waals surface area contributed by atoms with Crippen LogP contribution >= 0.6 is 0 Å². The lowest BCUT2D eigenvalue weighted by Crippen LogP contribution is -2.46. The highest BCUT2D eigenvalue weighted by Crippen LogP contribution is 2.26. The second-order valence-electron chi connectivity index (χ2n) is 4.03. The molecule has 0 aliphatic carbocycles. The van der Waals surface area contributed by atoms with Gasteiger partial charge in [0.15, 0.2) is 5.79 Å². The van der Waals surface area contributed by atoms with E-state index in [0.29, 0.717) is 6.42 Å². The number of aliphatic hydroxyl groups is 2. The third kappa shape index (κ3) is 3.25. The summed E-state index contributed by atoms with van der Waals surface area (Å²) in [4.78, 5) is 0. The van der Waals surface area contributed by atoms with Gasteiger partial charge in [-0.05, 0) is 25.8 Å². The van der Waals surface area contributed by atoms with Crippen LogP contribution in [0.4, 0.5) is 0 Å². The van der Waals surface area contributed by atoms with Gasteiger partial charge in [0.05, 0.1) is 0 Å². The van der Waals surface area contributed by atoms with Crippen molar-refractivity contribution in [2.75, 3.05) is 13.1 Å². The predicted octanol–water partition coefficient (Wildman–Crippen LogP) is 0.857. The van der Waals surface area contributed by atoms with Gasteiger partial charge < -0.3 is 15.5 Å². The van der Waals surface area contributed by atoms with Crippen molar-refractivity contribution < 1.29 is 10.2 Å². The van der Waals surface area contributed by atoms with Gasteiger partial charge in [0.1, 0.15) is 0 Å². The fourth-order valence-corrected chi connectivity index (χ4v) is 1.89. The fourth-order valence-electron chi connectivity index (χ4n) is 1.89. The standard InChI is InChI=1S/C10H21NO2/c1-2-3-6-10(12,13)9-5-4-7-11-8-9/h9,11-13H,2-8H2,1H3/t9-/m1/s1. The molecule has 0 aromatic rings. The molecule has 0 saturated carbocycles. The van der Waals surface area contributed by atoms with Crippen LogP contribution in [0.25, 0.3) is 0 Å². The average molecular weight is 187 g/mol. The van der Waals surface area contributed by atoms with E-state index in [1.54, 1.807) is 0 Å². The van der Waals surface area contributed by atoms with Crippen molar-refractivity contribution in [1.29, 1.82) is 0 Å². The Hall–Kier alpha value is -0.120. The molecule has 0 aromatic carbocycles. The quantitative estimate of drug-likeness (QED) is 0.572. The molecule has 13 heavy (non-hydrogen) atoms. The van der Waals surface area contributed by atoms with Crippen LogP contribution in [0.1, 0.15) is 39.0 Å². The van der Waals surface area contributed by atoms with Crippen molar-refractivity contribution in [3.05, 3.63) is 0 Å². The lowest BCUT2D eigenvalue weighted by Gasteiger charge is -2.34. The summed E-state index contributed by atoms with van der Waals surface area (Å²) in [5.41, 5.74) is 0. The van der Waals surface area contributed by atoms with Gasteiger partial charge in [0.2, 0.25) is 0 Å². The Bertz CT molecular complexity index is 142. The van der Waals surface area contributed by atoms with Crippen molar-refractivity contribution in [2.24, 2.45) is 5.92 Å². The molecular weight excluding hydrogens is 166 g/mol. The molecule has 1 atom stereocenters. The number of rotatable bonds is 4. The summed E-state index contributed by atoms with van der Waals surface area (Å²) in [5.74, 6) is -1.42. The van der Waals surface area contributed by atoms with Crippen molar-refractivity contribution in [3.63, 3.8) is 0 Å². The fraction of sp³-hybridized carbons (Fsp3) is 1.00. The van der Waals surface area contributed by atoms with Gasteiger partial charge in [0, 0.05) is 18.9 Å². The summed E-state index contributed by atoms with van der Waals surface area (Å²) in [5, 5.41) is 22.8. The van der Waals surface area contributed by atoms with E-state index in [1.165, 1.54) is 0 Å². The minimum atomic E-state index is -1.44. The molecule has 1 aliphatic heterocycles. The van der Waals surface area contributed by atoms with Crippen molar-refractivity contribution >= 4 is 0 Å². The van der Waals surface area contributed by atoms with Crippen LogP contribution in [-0.2, 0) is 0 Å². The molecule has 3 nitrogen and oxygen atoms in total. The molecule has 1 aliphatic rings. The Morgan fingerprint density at radius 2 is 2.23 bits per heavy atom. The summed E-state index contributed by atoms with van der Waals surface area (Å²) in [6, 6.07) is 0. The molecule has 0 bridgehead atoms. The number of piperidine rings is 1. The predicted molar refractivity (Wildman–Crippen MR) is 52.3 cm³/mol. The maximum absolute atomic E-state index is 9.79. The molecule has 0 amide bonds. The number of nitrogens with one attached hydrogen (secondary N) is 1. The smallest absolute Gasteiger partial charge is 0.166 e. The van der Waals surface area contributed by atoms with Crippen molar-refractivity contribution in [2.45, 2.75) is 44.8 Å². The first-order valence-electron chi connectivity index (χ1n) is 5.32. The van der Waals surface area contributed by atoms with Crippen LogP contribution in [0.5, 0.6) is 0 Å². The van der Waals surface area contributed by atoms with Gasteiger partial charge in [-0.1, -0.05) is 13.3 Å². The Morgan fingerprint density at radius 3 is 2.77 bits per heavy atom. The minimum absolute atomic E-state index is 0.0211. The van der Waals surface area contributed by atoms with E-state index in [0.717, 1.165) is 38.8 Å². The molecule has 1 fully saturated rings. The van der Waals surface area contributed by atoms with Crippen LogP contribution in [0.15, 0.2) is 0 Å². The number of hydrogen-bond donors (Lipinski definition) is 3. The Kier molecular flexibility index (Phi) is 4.16. The maximum Gasteiger partial charge on any atom is 0.166 e. The van der Waals surface area contributed by atoms with Gasteiger partial charge in [-0.15, -0.1) is 0 Å². The normalized spacial score (nSPS) is 24.7. The minimum Gasteiger partial charge on any atom is -0.365 e. The van der Waals surface area contributed by atoms with E-state index < -0.39 is 5.79 Å². The summed E-state index contributed by atoms with van der Waals surface area (Å²) < 4.78 is 0. The van der Waals surface area contributed by atoms with E-state index >= 15 is 0 Å². The van der Waals surface area contributed by atoms with Gasteiger partial charge in [-0.25, -0.2) is 0 Å². The van der Waals surface area contributed by atoms with E-state index in [1.807, 2.05) is 0 Å². The molecular formula is C10H21NO2. The van der Waals surface area contributed by atoms with Crippen LogP contribution < -0.4 is 5.32 Å². The molecule has 1 rings (SSSR count). The zero-order valence-electron chi connectivity index (χ0n) is 8.42. The molecule has 1 saturated heterocycles. The monoisotopic (exact) mass is 187 g/mol. The van der Waals surface area contributed by atoms with Gasteiger partial charge >= 0.3 is 0 Å². The van der Waals surface area contributed by atoms with Crippen LogP contribution in [0.3, 0.4) is 0 Å². The van der Waals surface area contributed by atoms with E-state index in [-0.39, 0.29) is 5.92 Å². The lowest BCUT2D eigenvalue weighted by atomic mass is 9.88. The topological polar surface area (TPSA) is 52.5 Å². The Morgan fingerprint density at radius 1 is 1.46 bits per heavy atom. The SMILES string of the molecule is CCCCC(O)(O)[C@@H]1CCCNC1. The second-order valence-corrected chi connectivity index (χ2v) is 4.03. The number of hydrogen-bond acceptors (Lipinski definition) is 3. The van der Waals surface area contributed by atoms with Crippen LogP contribution in [0, 0.1) is 5.92 Å². The highest BCUT2D eigenvalue weighted by molar-refractivity contribution is 4.80. The largest absolute Gasteiger partial charge is 0.365 e. The maximum atomic E-state index is 9.79. The van der Waals surface area contributed by atoms with E-state index in [9.17, 15) is 10.2 Å². The van der Waals surface area contributed by atoms with Gasteiger partial charge in [-0.2, -0.15) is 0 Å². The zero-order valence-corrected chi connectivity index (χ0v) is 8.42. The molecule has 0 aromatic heterocycles.